The van der Waals surface area contributed by atoms with Crippen LogP contribution < -0.4 is 5.32 Å². The molecule has 92 valence electrons. The van der Waals surface area contributed by atoms with Crippen molar-refractivity contribution in [1.29, 1.82) is 0 Å². The van der Waals surface area contributed by atoms with Crippen LogP contribution in [0.5, 0.6) is 0 Å². The molecule has 0 aromatic carbocycles. The minimum Gasteiger partial charge on any atom is -0.468 e. The van der Waals surface area contributed by atoms with Crippen LogP contribution in [0.25, 0.3) is 0 Å². The SMILES string of the molecule is CC(NCCSc1cnn(C)c1)c1ccco1. The van der Waals surface area contributed by atoms with E-state index >= 15 is 0 Å². The quantitative estimate of drug-likeness (QED) is 0.632. The van der Waals surface area contributed by atoms with E-state index in [0.29, 0.717) is 0 Å². The average Bonchev–Trinajstić information content (AvgIpc) is 2.95. The normalized spacial score (nSPS) is 12.8. The molecule has 5 heteroatoms. The second kappa shape index (κ2) is 5.93. The van der Waals surface area contributed by atoms with Gasteiger partial charge in [0.1, 0.15) is 5.76 Å². The second-order valence-corrected chi connectivity index (χ2v) is 5.06. The third-order valence-corrected chi connectivity index (χ3v) is 3.42. The maximum atomic E-state index is 5.33. The lowest BCUT2D eigenvalue weighted by Crippen LogP contribution is -2.20. The van der Waals surface area contributed by atoms with Crippen molar-refractivity contribution in [3.63, 3.8) is 0 Å². The molecule has 2 rings (SSSR count). The number of nitrogens with zero attached hydrogens (tertiary/aromatic N) is 2. The number of thioether (sulfide) groups is 1. The van der Waals surface area contributed by atoms with Crippen molar-refractivity contribution in [2.24, 2.45) is 7.05 Å². The average molecular weight is 251 g/mol. The Labute approximate surface area is 105 Å². The molecule has 17 heavy (non-hydrogen) atoms. The van der Waals surface area contributed by atoms with Gasteiger partial charge in [-0.05, 0) is 19.1 Å². The number of aryl methyl sites for hydroxylation is 1. The number of hydrogen-bond acceptors (Lipinski definition) is 4. The highest BCUT2D eigenvalue weighted by Crippen LogP contribution is 2.16. The maximum absolute atomic E-state index is 5.33. The van der Waals surface area contributed by atoms with Crippen molar-refractivity contribution in [2.45, 2.75) is 17.9 Å². The van der Waals surface area contributed by atoms with Crippen molar-refractivity contribution >= 4 is 11.8 Å². The molecule has 0 aliphatic heterocycles. The van der Waals surface area contributed by atoms with E-state index in [1.54, 1.807) is 18.0 Å². The summed E-state index contributed by atoms with van der Waals surface area (Å²) in [6.07, 6.45) is 5.62. The van der Waals surface area contributed by atoms with Gasteiger partial charge in [-0.25, -0.2) is 0 Å². The standard InChI is InChI=1S/C12H17N3OS/c1-10(12-4-3-6-16-12)13-5-7-17-11-8-14-15(2)9-11/h3-4,6,8-10,13H,5,7H2,1-2H3. The highest BCUT2D eigenvalue weighted by Gasteiger charge is 2.06. The van der Waals surface area contributed by atoms with Crippen molar-refractivity contribution in [2.75, 3.05) is 12.3 Å². The molecule has 1 atom stereocenters. The highest BCUT2D eigenvalue weighted by atomic mass is 32.2. The molecule has 0 amide bonds. The molecule has 1 N–H and O–H groups in total. The van der Waals surface area contributed by atoms with Crippen molar-refractivity contribution in [3.05, 3.63) is 36.5 Å². The number of furan rings is 1. The van der Waals surface area contributed by atoms with E-state index < -0.39 is 0 Å². The van der Waals surface area contributed by atoms with Gasteiger partial charge < -0.3 is 9.73 Å². The Bertz CT molecular complexity index is 438. The van der Waals surface area contributed by atoms with Crippen LogP contribution in [0.2, 0.25) is 0 Å². The van der Waals surface area contributed by atoms with Crippen LogP contribution in [0, 0.1) is 0 Å². The molecular formula is C12H17N3OS. The van der Waals surface area contributed by atoms with Crippen LogP contribution in [0.4, 0.5) is 0 Å². The van der Waals surface area contributed by atoms with Gasteiger partial charge in [-0.1, -0.05) is 0 Å². The molecule has 0 aliphatic carbocycles. The summed E-state index contributed by atoms with van der Waals surface area (Å²) in [5.74, 6) is 2.01. The Morgan fingerprint density at radius 2 is 2.47 bits per heavy atom. The van der Waals surface area contributed by atoms with E-state index in [1.807, 2.05) is 36.3 Å². The predicted octanol–water partition coefficient (Wildman–Crippen LogP) is 2.46. The lowest BCUT2D eigenvalue weighted by atomic mass is 10.2. The first kappa shape index (κ1) is 12.3. The molecule has 4 nitrogen and oxygen atoms in total. The molecule has 0 radical (unpaired) electrons. The van der Waals surface area contributed by atoms with Gasteiger partial charge in [0.2, 0.25) is 0 Å². The number of rotatable bonds is 6. The van der Waals surface area contributed by atoms with Gasteiger partial charge in [-0.3, -0.25) is 4.68 Å². The van der Waals surface area contributed by atoms with Gasteiger partial charge in [0.15, 0.2) is 0 Å². The van der Waals surface area contributed by atoms with Gasteiger partial charge in [-0.2, -0.15) is 5.10 Å². The Morgan fingerprint density at radius 1 is 1.59 bits per heavy atom. The fraction of sp³-hybridized carbons (Fsp3) is 0.417. The molecule has 2 heterocycles. The van der Waals surface area contributed by atoms with Crippen molar-refractivity contribution in [1.82, 2.24) is 15.1 Å². The largest absolute Gasteiger partial charge is 0.468 e. The summed E-state index contributed by atoms with van der Waals surface area (Å²) >= 11 is 1.80. The van der Waals surface area contributed by atoms with Crippen molar-refractivity contribution < 1.29 is 4.42 Å². The Morgan fingerprint density at radius 3 is 3.12 bits per heavy atom. The molecule has 0 saturated heterocycles. The topological polar surface area (TPSA) is 43.0 Å². The summed E-state index contributed by atoms with van der Waals surface area (Å²) in [5, 5.41) is 7.55. The van der Waals surface area contributed by atoms with Crippen LogP contribution in [-0.2, 0) is 7.05 Å². The van der Waals surface area contributed by atoms with Gasteiger partial charge >= 0.3 is 0 Å². The van der Waals surface area contributed by atoms with Gasteiger partial charge in [0, 0.05) is 30.4 Å². The Hall–Kier alpha value is -1.20. The fourth-order valence-corrected chi connectivity index (χ4v) is 2.36. The highest BCUT2D eigenvalue weighted by molar-refractivity contribution is 7.99. The van der Waals surface area contributed by atoms with E-state index in [1.165, 1.54) is 4.90 Å². The van der Waals surface area contributed by atoms with E-state index in [2.05, 4.69) is 17.3 Å². The van der Waals surface area contributed by atoms with Gasteiger partial charge in [0.25, 0.3) is 0 Å². The fourth-order valence-electron chi connectivity index (χ4n) is 1.56. The van der Waals surface area contributed by atoms with E-state index in [0.717, 1.165) is 18.1 Å². The third-order valence-electron chi connectivity index (χ3n) is 2.47. The van der Waals surface area contributed by atoms with E-state index in [9.17, 15) is 0 Å². The lowest BCUT2D eigenvalue weighted by molar-refractivity contribution is 0.438. The first-order valence-corrected chi connectivity index (χ1v) is 6.62. The van der Waals surface area contributed by atoms with Crippen LogP contribution in [0.15, 0.2) is 40.1 Å². The third kappa shape index (κ3) is 3.64. The van der Waals surface area contributed by atoms with E-state index in [4.69, 9.17) is 4.42 Å². The molecule has 0 aliphatic rings. The summed E-state index contributed by atoms with van der Waals surface area (Å²) in [6.45, 7) is 3.05. The minimum absolute atomic E-state index is 0.263. The van der Waals surface area contributed by atoms with Gasteiger partial charge in [0.05, 0.1) is 18.5 Å². The predicted molar refractivity (Wildman–Crippen MR) is 69.1 cm³/mol. The molecule has 0 spiro atoms. The Balaban J connectivity index is 1.66. The smallest absolute Gasteiger partial charge is 0.120 e. The molecular weight excluding hydrogens is 234 g/mol. The molecule has 2 aromatic rings. The molecule has 2 aromatic heterocycles. The first-order valence-electron chi connectivity index (χ1n) is 5.64. The van der Waals surface area contributed by atoms with Crippen LogP contribution >= 0.6 is 11.8 Å². The summed E-state index contributed by atoms with van der Waals surface area (Å²) in [7, 11) is 1.93. The van der Waals surface area contributed by atoms with Gasteiger partial charge in [-0.15, -0.1) is 11.8 Å². The van der Waals surface area contributed by atoms with E-state index in [-0.39, 0.29) is 6.04 Å². The zero-order chi connectivity index (χ0) is 12.1. The number of hydrogen-bond donors (Lipinski definition) is 1. The first-order chi connectivity index (χ1) is 8.25. The van der Waals surface area contributed by atoms with Crippen LogP contribution in [0.1, 0.15) is 18.7 Å². The lowest BCUT2D eigenvalue weighted by Gasteiger charge is -2.10. The minimum atomic E-state index is 0.263. The summed E-state index contributed by atoms with van der Waals surface area (Å²) in [5.41, 5.74) is 0. The summed E-state index contributed by atoms with van der Waals surface area (Å²) in [4.78, 5) is 1.21. The Kier molecular flexibility index (Phi) is 4.28. The molecule has 0 saturated carbocycles. The summed E-state index contributed by atoms with van der Waals surface area (Å²) in [6, 6.07) is 4.17. The zero-order valence-corrected chi connectivity index (χ0v) is 10.9. The molecule has 0 bridgehead atoms. The van der Waals surface area contributed by atoms with Crippen molar-refractivity contribution in [3.8, 4) is 0 Å². The molecule has 0 fully saturated rings. The second-order valence-electron chi connectivity index (χ2n) is 3.89. The number of nitrogens with one attached hydrogen (secondary N) is 1. The van der Waals surface area contributed by atoms with Crippen LogP contribution in [0.3, 0.4) is 0 Å². The van der Waals surface area contributed by atoms with Crippen LogP contribution in [-0.4, -0.2) is 22.1 Å². The maximum Gasteiger partial charge on any atom is 0.120 e. The monoisotopic (exact) mass is 251 g/mol. The molecule has 1 unspecified atom stereocenters. The summed E-state index contributed by atoms with van der Waals surface area (Å²) < 4.78 is 7.15. The number of aromatic nitrogens is 2. The zero-order valence-electron chi connectivity index (χ0n) is 10.1.